The summed E-state index contributed by atoms with van der Waals surface area (Å²) in [5.74, 6) is -1.35. The number of benzene rings is 1. The number of carbonyl (C=O) groups is 3. The molecule has 1 N–H and O–H groups in total. The first kappa shape index (κ1) is 18.9. The van der Waals surface area contributed by atoms with Crippen molar-refractivity contribution in [3.63, 3.8) is 0 Å². The number of halogens is 1. The van der Waals surface area contributed by atoms with E-state index in [0.29, 0.717) is 12.0 Å². The van der Waals surface area contributed by atoms with Crippen molar-refractivity contribution >= 4 is 17.9 Å². The average Bonchev–Trinajstić information content (AvgIpc) is 2.84. The fourth-order valence-electron chi connectivity index (χ4n) is 2.72. The van der Waals surface area contributed by atoms with Crippen LogP contribution in [-0.2, 0) is 24.6 Å². The van der Waals surface area contributed by atoms with Gasteiger partial charge in [0, 0.05) is 0 Å². The van der Waals surface area contributed by atoms with Crippen LogP contribution in [0.25, 0.3) is 0 Å². The van der Waals surface area contributed by atoms with Gasteiger partial charge in [-0.15, -0.1) is 0 Å². The van der Waals surface area contributed by atoms with Gasteiger partial charge in [-0.05, 0) is 31.0 Å². The first-order valence-corrected chi connectivity index (χ1v) is 8.08. The molecule has 25 heavy (non-hydrogen) atoms. The number of imide groups is 1. The summed E-state index contributed by atoms with van der Waals surface area (Å²) in [6.07, 6.45) is 0.323. The summed E-state index contributed by atoms with van der Waals surface area (Å²) in [7, 11) is 0. The Morgan fingerprint density at radius 1 is 1.24 bits per heavy atom. The molecule has 8 heteroatoms. The van der Waals surface area contributed by atoms with Crippen LogP contribution in [0.3, 0.4) is 0 Å². The van der Waals surface area contributed by atoms with E-state index in [1.165, 1.54) is 24.3 Å². The van der Waals surface area contributed by atoms with Gasteiger partial charge in [-0.3, -0.25) is 9.69 Å². The van der Waals surface area contributed by atoms with Crippen LogP contribution in [0.15, 0.2) is 24.3 Å². The van der Waals surface area contributed by atoms with E-state index in [0.717, 1.165) is 4.90 Å². The quantitative estimate of drug-likeness (QED) is 0.436. The normalized spacial score (nSPS) is 19.9. The van der Waals surface area contributed by atoms with E-state index < -0.39 is 29.3 Å². The average molecular weight is 352 g/mol. The molecule has 0 saturated carbocycles. The number of esters is 1. The van der Waals surface area contributed by atoms with Gasteiger partial charge in [-0.25, -0.2) is 14.0 Å². The van der Waals surface area contributed by atoms with Gasteiger partial charge in [0.2, 0.25) is 0 Å². The van der Waals surface area contributed by atoms with Crippen molar-refractivity contribution < 1.29 is 28.2 Å². The molecule has 1 aliphatic heterocycles. The summed E-state index contributed by atoms with van der Waals surface area (Å²) in [6, 6.07) is 4.92. The third kappa shape index (κ3) is 3.96. The maximum atomic E-state index is 13.1. The molecule has 1 saturated heterocycles. The largest absolute Gasteiger partial charge is 0.464 e. The van der Waals surface area contributed by atoms with Gasteiger partial charge < -0.3 is 14.8 Å². The SMILES string of the molecule is CCOC(=O)COCCN1C(=O)N[C@](CC)(c2ccc(F)cc2)C1=O. The lowest BCUT2D eigenvalue weighted by molar-refractivity contribution is -0.148. The Bertz CT molecular complexity index is 649. The fourth-order valence-corrected chi connectivity index (χ4v) is 2.72. The van der Waals surface area contributed by atoms with Crippen molar-refractivity contribution in [1.82, 2.24) is 10.2 Å². The lowest BCUT2D eigenvalue weighted by Gasteiger charge is -2.25. The number of hydrogen-bond acceptors (Lipinski definition) is 5. The lowest BCUT2D eigenvalue weighted by atomic mass is 9.87. The van der Waals surface area contributed by atoms with E-state index in [1.807, 2.05) is 0 Å². The van der Waals surface area contributed by atoms with Crippen molar-refractivity contribution in [2.75, 3.05) is 26.4 Å². The van der Waals surface area contributed by atoms with Crippen LogP contribution in [0.1, 0.15) is 25.8 Å². The van der Waals surface area contributed by atoms with Crippen molar-refractivity contribution in [2.24, 2.45) is 0 Å². The topological polar surface area (TPSA) is 84.9 Å². The smallest absolute Gasteiger partial charge is 0.332 e. The molecule has 0 aliphatic carbocycles. The van der Waals surface area contributed by atoms with E-state index in [2.05, 4.69) is 5.32 Å². The zero-order valence-corrected chi connectivity index (χ0v) is 14.2. The molecule has 136 valence electrons. The second-order valence-electron chi connectivity index (χ2n) is 5.51. The van der Waals surface area contributed by atoms with Crippen molar-refractivity contribution in [1.29, 1.82) is 0 Å². The van der Waals surface area contributed by atoms with Gasteiger partial charge in [-0.1, -0.05) is 19.1 Å². The third-order valence-electron chi connectivity index (χ3n) is 4.03. The van der Waals surface area contributed by atoms with E-state index in [-0.39, 0.29) is 26.4 Å². The van der Waals surface area contributed by atoms with Crippen LogP contribution in [0, 0.1) is 5.82 Å². The number of ether oxygens (including phenoxy) is 2. The van der Waals surface area contributed by atoms with Crippen LogP contribution < -0.4 is 5.32 Å². The van der Waals surface area contributed by atoms with E-state index in [1.54, 1.807) is 13.8 Å². The number of nitrogens with zero attached hydrogens (tertiary/aromatic N) is 1. The number of amides is 3. The molecule has 2 rings (SSSR count). The molecule has 3 amide bonds. The molecule has 7 nitrogen and oxygen atoms in total. The van der Waals surface area contributed by atoms with Crippen LogP contribution in [0.2, 0.25) is 0 Å². The van der Waals surface area contributed by atoms with Crippen molar-refractivity contribution in [2.45, 2.75) is 25.8 Å². The highest BCUT2D eigenvalue weighted by Gasteiger charge is 2.50. The fraction of sp³-hybridized carbons (Fsp3) is 0.471. The van der Waals surface area contributed by atoms with Gasteiger partial charge in [0.15, 0.2) is 0 Å². The highest BCUT2D eigenvalue weighted by Crippen LogP contribution is 2.32. The molecular weight excluding hydrogens is 331 g/mol. The molecule has 1 atom stereocenters. The predicted octanol–water partition coefficient (Wildman–Crippen LogP) is 1.56. The van der Waals surface area contributed by atoms with Crippen molar-refractivity contribution in [3.05, 3.63) is 35.6 Å². The monoisotopic (exact) mass is 352 g/mol. The standard InChI is InChI=1S/C17H21FN2O5/c1-3-17(12-5-7-13(18)8-6-12)15(22)20(16(23)19-17)9-10-24-11-14(21)25-4-2/h5-8H,3-4,9-11H2,1-2H3,(H,19,23)/t17-/m1/s1. The second-order valence-corrected chi connectivity index (χ2v) is 5.51. The summed E-state index contributed by atoms with van der Waals surface area (Å²) in [6.45, 7) is 3.49. The molecule has 0 radical (unpaired) electrons. The Hall–Kier alpha value is -2.48. The van der Waals surface area contributed by atoms with Gasteiger partial charge in [0.25, 0.3) is 5.91 Å². The van der Waals surface area contributed by atoms with Crippen LogP contribution >= 0.6 is 0 Å². The van der Waals surface area contributed by atoms with Crippen LogP contribution in [0.4, 0.5) is 9.18 Å². The van der Waals surface area contributed by atoms with Gasteiger partial charge >= 0.3 is 12.0 Å². The van der Waals surface area contributed by atoms with Gasteiger partial charge in [0.05, 0.1) is 19.8 Å². The minimum atomic E-state index is -1.22. The van der Waals surface area contributed by atoms with E-state index in [4.69, 9.17) is 9.47 Å². The van der Waals surface area contributed by atoms with Crippen LogP contribution in [-0.4, -0.2) is 49.2 Å². The maximum Gasteiger partial charge on any atom is 0.332 e. The second kappa shape index (κ2) is 8.06. The minimum Gasteiger partial charge on any atom is -0.464 e. The number of carbonyl (C=O) groups excluding carboxylic acids is 3. The summed E-state index contributed by atoms with van der Waals surface area (Å²) < 4.78 is 23.0. The highest BCUT2D eigenvalue weighted by molar-refractivity contribution is 6.07. The van der Waals surface area contributed by atoms with Gasteiger partial charge in [0.1, 0.15) is 18.0 Å². The molecule has 1 aliphatic rings. The first-order valence-electron chi connectivity index (χ1n) is 8.08. The van der Waals surface area contributed by atoms with Crippen molar-refractivity contribution in [3.8, 4) is 0 Å². The zero-order valence-electron chi connectivity index (χ0n) is 14.2. The molecule has 0 aromatic heterocycles. The number of nitrogens with one attached hydrogen (secondary N) is 1. The molecule has 0 bridgehead atoms. The third-order valence-corrected chi connectivity index (χ3v) is 4.03. The molecular formula is C17H21FN2O5. The zero-order chi connectivity index (χ0) is 18.4. The highest BCUT2D eigenvalue weighted by atomic mass is 19.1. The Balaban J connectivity index is 2.02. The Morgan fingerprint density at radius 3 is 2.52 bits per heavy atom. The maximum absolute atomic E-state index is 13.1. The van der Waals surface area contributed by atoms with E-state index >= 15 is 0 Å². The number of hydrogen-bond donors (Lipinski definition) is 1. The first-order chi connectivity index (χ1) is 11.9. The molecule has 1 aromatic carbocycles. The number of rotatable bonds is 8. The molecule has 0 spiro atoms. The summed E-state index contributed by atoms with van der Waals surface area (Å²) in [5.41, 5.74) is -0.698. The summed E-state index contributed by atoms with van der Waals surface area (Å²) in [5, 5.41) is 2.69. The van der Waals surface area contributed by atoms with Crippen LogP contribution in [0.5, 0.6) is 0 Å². The van der Waals surface area contributed by atoms with E-state index in [9.17, 15) is 18.8 Å². The summed E-state index contributed by atoms with van der Waals surface area (Å²) in [4.78, 5) is 37.2. The summed E-state index contributed by atoms with van der Waals surface area (Å²) >= 11 is 0. The molecule has 0 unspecified atom stereocenters. The lowest BCUT2D eigenvalue weighted by Crippen LogP contribution is -2.43. The molecule has 1 heterocycles. The predicted molar refractivity (Wildman–Crippen MR) is 86.1 cm³/mol. The molecule has 1 aromatic rings. The molecule has 1 fully saturated rings. The minimum absolute atomic E-state index is 0.00696. The van der Waals surface area contributed by atoms with Gasteiger partial charge in [-0.2, -0.15) is 0 Å². The Kier molecular flexibility index (Phi) is 6.08. The Morgan fingerprint density at radius 2 is 1.92 bits per heavy atom. The Labute approximate surface area is 145 Å². The number of urea groups is 1.